The van der Waals surface area contributed by atoms with Crippen molar-refractivity contribution in [3.05, 3.63) is 74.6 Å². The third-order valence-corrected chi connectivity index (χ3v) is 6.80. The number of thiophene rings is 1. The number of anilines is 1. The van der Waals surface area contributed by atoms with Crippen LogP contribution < -0.4 is 16.2 Å². The average Bonchev–Trinajstić information content (AvgIpc) is 3.16. The van der Waals surface area contributed by atoms with Crippen molar-refractivity contribution < 1.29 is 9.00 Å². The first-order chi connectivity index (χ1) is 15.3. The van der Waals surface area contributed by atoms with Gasteiger partial charge in [-0.25, -0.2) is 14.2 Å². The Morgan fingerprint density at radius 1 is 1.06 bits per heavy atom. The molecule has 2 aromatic heterocycles. The molecule has 0 aliphatic carbocycles. The van der Waals surface area contributed by atoms with Crippen molar-refractivity contribution in [3.8, 4) is 11.3 Å². The van der Waals surface area contributed by atoms with Gasteiger partial charge in [-0.2, -0.15) is 0 Å². The minimum atomic E-state index is -1.39. The van der Waals surface area contributed by atoms with Crippen LogP contribution in [-0.2, 0) is 23.3 Å². The number of amides is 1. The van der Waals surface area contributed by atoms with E-state index in [2.05, 4.69) is 15.3 Å². The molecule has 0 fully saturated rings. The van der Waals surface area contributed by atoms with E-state index in [4.69, 9.17) is 34.1 Å². The van der Waals surface area contributed by atoms with Gasteiger partial charge in [-0.1, -0.05) is 47.5 Å². The largest absolute Gasteiger partial charge is 0.368 e. The minimum Gasteiger partial charge on any atom is -0.368 e. The molecule has 0 bridgehead atoms. The van der Waals surface area contributed by atoms with E-state index in [0.29, 0.717) is 48.7 Å². The molecular formula is C21H17Cl2N5O2S2. The first-order valence-electron chi connectivity index (χ1n) is 9.31. The van der Waals surface area contributed by atoms with Crippen LogP contribution in [0.15, 0.2) is 48.5 Å². The molecule has 0 radical (unpaired) electrons. The summed E-state index contributed by atoms with van der Waals surface area (Å²) in [5.74, 6) is 0.135. The van der Waals surface area contributed by atoms with Crippen LogP contribution in [0.5, 0.6) is 0 Å². The molecule has 2 heterocycles. The van der Waals surface area contributed by atoms with Crippen molar-refractivity contribution in [3.63, 3.8) is 0 Å². The molecule has 32 heavy (non-hydrogen) atoms. The number of rotatable bonds is 6. The maximum atomic E-state index is 12.8. The van der Waals surface area contributed by atoms with Crippen molar-refractivity contribution in [2.75, 3.05) is 5.73 Å². The Kier molecular flexibility index (Phi) is 6.73. The third-order valence-electron chi connectivity index (χ3n) is 4.61. The Balaban J connectivity index is 1.57. The van der Waals surface area contributed by atoms with Gasteiger partial charge >= 0.3 is 0 Å². The van der Waals surface area contributed by atoms with Gasteiger partial charge in [0.25, 0.3) is 5.91 Å². The monoisotopic (exact) mass is 505 g/mol. The second-order valence-corrected chi connectivity index (χ2v) is 9.83. The highest BCUT2D eigenvalue weighted by atomic mass is 35.5. The third kappa shape index (κ3) is 5.08. The molecule has 0 aliphatic rings. The standard InChI is InChI=1S/C21H17Cl2N5O2S2/c22-13-5-6-14(16(23)7-13)18-15-8-17(31-20(15)28-21(24)27-18)19(29)26-9-11-1-3-12(4-2-11)10-32(25)30/h1-8H,9-10,25H2,(H,26,29)(H2,24,27,28). The normalized spacial score (nSPS) is 12.1. The molecule has 0 spiro atoms. The van der Waals surface area contributed by atoms with E-state index in [-0.39, 0.29) is 11.9 Å². The summed E-state index contributed by atoms with van der Waals surface area (Å²) in [6.07, 6.45) is 0. The fraction of sp³-hybridized carbons (Fsp3) is 0.0952. The van der Waals surface area contributed by atoms with E-state index in [1.165, 1.54) is 11.3 Å². The lowest BCUT2D eigenvalue weighted by Gasteiger charge is -2.06. The van der Waals surface area contributed by atoms with Crippen LogP contribution in [0.4, 0.5) is 5.95 Å². The topological polar surface area (TPSA) is 124 Å². The number of aromatic nitrogens is 2. The second kappa shape index (κ2) is 9.51. The van der Waals surface area contributed by atoms with Gasteiger partial charge in [0.15, 0.2) is 0 Å². The molecule has 5 N–H and O–H groups in total. The fourth-order valence-electron chi connectivity index (χ4n) is 3.12. The molecule has 0 saturated carbocycles. The van der Waals surface area contributed by atoms with Gasteiger partial charge in [-0.15, -0.1) is 11.3 Å². The Labute approximate surface area is 200 Å². The molecule has 0 aliphatic heterocycles. The van der Waals surface area contributed by atoms with Crippen molar-refractivity contribution in [2.45, 2.75) is 12.3 Å². The van der Waals surface area contributed by atoms with Crippen LogP contribution in [0.25, 0.3) is 21.5 Å². The predicted molar refractivity (Wildman–Crippen MR) is 131 cm³/mol. The molecule has 164 valence electrons. The van der Waals surface area contributed by atoms with Gasteiger partial charge in [0.05, 0.1) is 32.3 Å². The van der Waals surface area contributed by atoms with Gasteiger partial charge in [0.2, 0.25) is 5.95 Å². The Morgan fingerprint density at radius 3 is 2.47 bits per heavy atom. The summed E-state index contributed by atoms with van der Waals surface area (Å²) in [5, 5.41) is 9.82. The van der Waals surface area contributed by atoms with Gasteiger partial charge in [-0.05, 0) is 35.4 Å². The first kappa shape index (κ1) is 22.6. The summed E-state index contributed by atoms with van der Waals surface area (Å²) in [6, 6.07) is 14.2. The summed E-state index contributed by atoms with van der Waals surface area (Å²) in [4.78, 5) is 22.4. The minimum absolute atomic E-state index is 0.0887. The molecular weight excluding hydrogens is 489 g/mol. The lowest BCUT2D eigenvalue weighted by atomic mass is 10.1. The molecule has 1 amide bonds. The number of carbonyl (C=O) groups is 1. The van der Waals surface area contributed by atoms with Crippen LogP contribution >= 0.6 is 34.5 Å². The fourth-order valence-corrected chi connectivity index (χ4v) is 5.10. The number of halogens is 2. The van der Waals surface area contributed by atoms with Gasteiger partial charge in [0.1, 0.15) is 4.83 Å². The van der Waals surface area contributed by atoms with Crippen molar-refractivity contribution >= 4 is 67.6 Å². The van der Waals surface area contributed by atoms with Crippen LogP contribution in [0.2, 0.25) is 10.0 Å². The molecule has 4 aromatic rings. The van der Waals surface area contributed by atoms with E-state index >= 15 is 0 Å². The number of nitrogens with one attached hydrogen (secondary N) is 1. The summed E-state index contributed by atoms with van der Waals surface area (Å²) in [7, 11) is -1.39. The highest BCUT2D eigenvalue weighted by Gasteiger charge is 2.18. The summed E-state index contributed by atoms with van der Waals surface area (Å²) in [6.45, 7) is 0.336. The number of fused-ring (bicyclic) bond motifs is 1. The second-order valence-electron chi connectivity index (χ2n) is 6.91. The highest BCUT2D eigenvalue weighted by molar-refractivity contribution is 7.81. The highest BCUT2D eigenvalue weighted by Crippen LogP contribution is 2.36. The molecule has 1 unspecified atom stereocenters. The average molecular weight is 506 g/mol. The molecule has 2 aromatic carbocycles. The maximum Gasteiger partial charge on any atom is 0.261 e. The zero-order valence-electron chi connectivity index (χ0n) is 16.5. The van der Waals surface area contributed by atoms with Crippen molar-refractivity contribution in [1.82, 2.24) is 15.3 Å². The lowest BCUT2D eigenvalue weighted by molar-refractivity contribution is 0.0955. The summed E-state index contributed by atoms with van der Waals surface area (Å²) in [5.41, 5.74) is 8.86. The number of nitrogens with two attached hydrogens (primary N) is 2. The number of nitrogen functional groups attached to an aromatic ring is 1. The Hall–Kier alpha value is -2.56. The van der Waals surface area contributed by atoms with Crippen molar-refractivity contribution in [1.29, 1.82) is 0 Å². The quantitative estimate of drug-likeness (QED) is 0.360. The molecule has 0 saturated heterocycles. The molecule has 7 nitrogen and oxygen atoms in total. The Bertz CT molecular complexity index is 1340. The summed E-state index contributed by atoms with van der Waals surface area (Å²) < 4.78 is 11.1. The number of carbonyl (C=O) groups excluding carboxylic acids is 1. The Morgan fingerprint density at radius 2 is 1.78 bits per heavy atom. The number of hydrogen-bond acceptors (Lipinski definition) is 6. The molecule has 4 rings (SSSR count). The zero-order valence-corrected chi connectivity index (χ0v) is 19.6. The van der Waals surface area contributed by atoms with Crippen LogP contribution in [0.1, 0.15) is 20.8 Å². The van der Waals surface area contributed by atoms with E-state index in [0.717, 1.165) is 11.1 Å². The van der Waals surface area contributed by atoms with Crippen molar-refractivity contribution in [2.24, 2.45) is 5.14 Å². The zero-order chi connectivity index (χ0) is 22.8. The molecule has 1 atom stereocenters. The van der Waals surface area contributed by atoms with Crippen LogP contribution in [-0.4, -0.2) is 20.1 Å². The predicted octanol–water partition coefficient (Wildman–Crippen LogP) is 4.30. The summed E-state index contributed by atoms with van der Waals surface area (Å²) >= 11 is 13.6. The SMILES string of the molecule is Nc1nc(-c2ccc(Cl)cc2Cl)c2cc(C(=O)NCc3ccc(CS(N)=O)cc3)sc2n1. The lowest BCUT2D eigenvalue weighted by Crippen LogP contribution is -2.21. The van der Waals surface area contributed by atoms with Gasteiger partial charge in [-0.3, -0.25) is 9.93 Å². The van der Waals surface area contributed by atoms with E-state index in [9.17, 15) is 9.00 Å². The number of nitrogens with zero attached hydrogens (tertiary/aromatic N) is 2. The van der Waals surface area contributed by atoms with E-state index < -0.39 is 11.0 Å². The smallest absolute Gasteiger partial charge is 0.261 e. The van der Waals surface area contributed by atoms with E-state index in [1.807, 2.05) is 24.3 Å². The van der Waals surface area contributed by atoms with Gasteiger partial charge < -0.3 is 11.1 Å². The van der Waals surface area contributed by atoms with Crippen LogP contribution in [0.3, 0.4) is 0 Å². The van der Waals surface area contributed by atoms with Crippen LogP contribution in [0, 0.1) is 0 Å². The molecule has 11 heteroatoms. The number of benzene rings is 2. The first-order valence-corrected chi connectivity index (χ1v) is 12.3. The van der Waals surface area contributed by atoms with Gasteiger partial charge in [0, 0.05) is 22.5 Å². The maximum absolute atomic E-state index is 12.8. The number of hydrogen-bond donors (Lipinski definition) is 3. The van der Waals surface area contributed by atoms with E-state index in [1.54, 1.807) is 24.3 Å².